The molecule has 2 saturated heterocycles. The van der Waals surface area contributed by atoms with Gasteiger partial charge in [-0.05, 0) is 73.9 Å². The van der Waals surface area contributed by atoms with Gasteiger partial charge in [-0.15, -0.1) is 11.8 Å². The summed E-state index contributed by atoms with van der Waals surface area (Å²) in [6.07, 6.45) is 2.03. The van der Waals surface area contributed by atoms with Gasteiger partial charge in [0.05, 0.1) is 18.9 Å². The van der Waals surface area contributed by atoms with Gasteiger partial charge in [-0.3, -0.25) is 9.69 Å². The van der Waals surface area contributed by atoms with Crippen LogP contribution in [0.25, 0.3) is 0 Å². The number of benzene rings is 2. The van der Waals surface area contributed by atoms with Crippen LogP contribution in [-0.4, -0.2) is 49.6 Å². The molecule has 0 N–H and O–H groups in total. The maximum absolute atomic E-state index is 12.9. The Hall–Kier alpha value is -2.09. The molecule has 1 unspecified atom stereocenters. The summed E-state index contributed by atoms with van der Waals surface area (Å²) < 4.78 is 5.42. The van der Waals surface area contributed by atoms with E-state index >= 15 is 0 Å². The predicted octanol–water partition coefficient (Wildman–Crippen LogP) is 3.77. The van der Waals surface area contributed by atoms with E-state index < -0.39 is 0 Å². The number of morpholine rings is 1. The molecule has 2 aromatic carbocycles. The van der Waals surface area contributed by atoms with Gasteiger partial charge >= 0.3 is 0 Å². The van der Waals surface area contributed by atoms with Gasteiger partial charge in [0.15, 0.2) is 5.11 Å². The summed E-state index contributed by atoms with van der Waals surface area (Å²) in [4.78, 5) is 20.0. The summed E-state index contributed by atoms with van der Waals surface area (Å²) in [5, 5.41) is 0.522. The minimum Gasteiger partial charge on any atom is -0.378 e. The third-order valence-corrected chi connectivity index (χ3v) is 6.32. The van der Waals surface area contributed by atoms with Gasteiger partial charge in [0.2, 0.25) is 0 Å². The second kappa shape index (κ2) is 8.11. The van der Waals surface area contributed by atoms with Crippen molar-refractivity contribution in [1.29, 1.82) is 0 Å². The van der Waals surface area contributed by atoms with Crippen LogP contribution in [0.5, 0.6) is 0 Å². The van der Waals surface area contributed by atoms with E-state index in [1.807, 2.05) is 54.5 Å². The van der Waals surface area contributed by atoms with Crippen molar-refractivity contribution in [2.45, 2.75) is 17.9 Å². The lowest BCUT2D eigenvalue weighted by atomic mass is 10.2. The van der Waals surface area contributed by atoms with E-state index in [0.29, 0.717) is 5.11 Å². The molecule has 0 bridgehead atoms. The first-order chi connectivity index (χ1) is 13.6. The van der Waals surface area contributed by atoms with Gasteiger partial charge in [-0.1, -0.05) is 0 Å². The molecule has 0 spiro atoms. The van der Waals surface area contributed by atoms with Crippen molar-refractivity contribution in [2.75, 3.05) is 47.3 Å². The lowest BCUT2D eigenvalue weighted by Crippen LogP contribution is -2.36. The van der Waals surface area contributed by atoms with E-state index in [0.717, 1.165) is 42.6 Å². The highest BCUT2D eigenvalue weighted by atomic mass is 32.2. The Bertz CT molecular complexity index is 864. The van der Waals surface area contributed by atoms with E-state index in [-0.39, 0.29) is 11.9 Å². The third-order valence-electron chi connectivity index (χ3n) is 5.20. The Morgan fingerprint density at radius 2 is 1.54 bits per heavy atom. The van der Waals surface area contributed by atoms with Crippen LogP contribution < -0.4 is 14.7 Å². The number of carbonyl (C=O) groups is 1. The SMILES string of the molecule is CSc1ccc(N2C(=O)C(C)N(c3ccc(N4CCOCC4)cc3)C2=S)cc1. The monoisotopic (exact) mass is 413 g/mol. The van der Waals surface area contributed by atoms with E-state index in [1.54, 1.807) is 16.7 Å². The first-order valence-corrected chi connectivity index (χ1v) is 11.0. The van der Waals surface area contributed by atoms with Gasteiger partial charge in [0.1, 0.15) is 6.04 Å². The first-order valence-electron chi connectivity index (χ1n) is 9.34. The average molecular weight is 414 g/mol. The first kappa shape index (κ1) is 19.2. The van der Waals surface area contributed by atoms with Gasteiger partial charge < -0.3 is 14.5 Å². The molecule has 1 atom stereocenters. The van der Waals surface area contributed by atoms with Crippen molar-refractivity contribution < 1.29 is 9.53 Å². The zero-order chi connectivity index (χ0) is 19.7. The molecule has 5 nitrogen and oxygen atoms in total. The molecule has 2 heterocycles. The maximum Gasteiger partial charge on any atom is 0.256 e. The summed E-state index contributed by atoms with van der Waals surface area (Å²) in [7, 11) is 0. The number of rotatable bonds is 4. The zero-order valence-electron chi connectivity index (χ0n) is 16.0. The smallest absolute Gasteiger partial charge is 0.256 e. The molecule has 2 fully saturated rings. The molecule has 2 aromatic rings. The number of nitrogens with zero attached hydrogens (tertiary/aromatic N) is 3. The number of ether oxygens (including phenoxy) is 1. The predicted molar refractivity (Wildman–Crippen MR) is 120 cm³/mol. The summed E-state index contributed by atoms with van der Waals surface area (Å²) in [5.41, 5.74) is 2.92. The van der Waals surface area contributed by atoms with E-state index in [2.05, 4.69) is 17.0 Å². The van der Waals surface area contributed by atoms with Crippen molar-refractivity contribution in [3.8, 4) is 0 Å². The molecule has 7 heteroatoms. The van der Waals surface area contributed by atoms with Crippen LogP contribution in [0.3, 0.4) is 0 Å². The van der Waals surface area contributed by atoms with Crippen LogP contribution in [0, 0.1) is 0 Å². The molecule has 0 aliphatic carbocycles. The molecule has 28 heavy (non-hydrogen) atoms. The van der Waals surface area contributed by atoms with Crippen LogP contribution in [0.15, 0.2) is 53.4 Å². The molecule has 1 amide bonds. The van der Waals surface area contributed by atoms with Gasteiger partial charge in [0.25, 0.3) is 5.91 Å². The largest absolute Gasteiger partial charge is 0.378 e. The minimum absolute atomic E-state index is 0.000780. The summed E-state index contributed by atoms with van der Waals surface area (Å²) in [6, 6.07) is 15.9. The Labute approximate surface area is 175 Å². The Morgan fingerprint density at radius 1 is 0.964 bits per heavy atom. The Balaban J connectivity index is 1.57. The second-order valence-corrected chi connectivity index (χ2v) is 8.06. The van der Waals surface area contributed by atoms with Crippen molar-refractivity contribution >= 4 is 52.1 Å². The number of hydrogen-bond acceptors (Lipinski definition) is 5. The lowest BCUT2D eigenvalue weighted by Gasteiger charge is -2.29. The lowest BCUT2D eigenvalue weighted by molar-refractivity contribution is -0.117. The average Bonchev–Trinajstić information content (AvgIpc) is 2.97. The van der Waals surface area contributed by atoms with Gasteiger partial charge in [-0.25, -0.2) is 0 Å². The van der Waals surface area contributed by atoms with E-state index in [1.165, 1.54) is 5.69 Å². The van der Waals surface area contributed by atoms with Crippen LogP contribution in [-0.2, 0) is 9.53 Å². The van der Waals surface area contributed by atoms with Crippen molar-refractivity contribution in [3.63, 3.8) is 0 Å². The van der Waals surface area contributed by atoms with Crippen LogP contribution >= 0.6 is 24.0 Å². The van der Waals surface area contributed by atoms with Gasteiger partial charge in [0, 0.05) is 29.4 Å². The third kappa shape index (κ3) is 3.50. The summed E-state index contributed by atoms with van der Waals surface area (Å²) in [5.74, 6) is -0.000780. The standard InChI is InChI=1S/C21H23N3O2S2/c1-15-20(25)24(18-7-9-19(28-2)10-8-18)21(27)23(15)17-5-3-16(4-6-17)22-11-13-26-14-12-22/h3-10,15H,11-14H2,1-2H3. The molecule has 0 aromatic heterocycles. The van der Waals surface area contributed by atoms with Crippen LogP contribution in [0.1, 0.15) is 6.92 Å². The summed E-state index contributed by atoms with van der Waals surface area (Å²) in [6.45, 7) is 5.22. The molecule has 2 aliphatic heterocycles. The molecule has 2 aliphatic rings. The number of thioether (sulfide) groups is 1. The number of thiocarbonyl (C=S) groups is 1. The van der Waals surface area contributed by atoms with Gasteiger partial charge in [-0.2, -0.15) is 0 Å². The second-order valence-electron chi connectivity index (χ2n) is 6.82. The fraction of sp³-hybridized carbons (Fsp3) is 0.333. The molecule has 0 saturated carbocycles. The van der Waals surface area contributed by atoms with Crippen LogP contribution in [0.4, 0.5) is 17.1 Å². The van der Waals surface area contributed by atoms with Crippen molar-refractivity contribution in [1.82, 2.24) is 0 Å². The van der Waals surface area contributed by atoms with Crippen molar-refractivity contribution in [3.05, 3.63) is 48.5 Å². The van der Waals surface area contributed by atoms with Crippen molar-refractivity contribution in [2.24, 2.45) is 0 Å². The minimum atomic E-state index is -0.332. The molecule has 0 radical (unpaired) electrons. The maximum atomic E-state index is 12.9. The highest BCUT2D eigenvalue weighted by Gasteiger charge is 2.41. The zero-order valence-corrected chi connectivity index (χ0v) is 17.6. The molecular formula is C21H23N3O2S2. The number of anilines is 3. The highest BCUT2D eigenvalue weighted by molar-refractivity contribution is 7.98. The van der Waals surface area contributed by atoms with E-state index in [4.69, 9.17) is 17.0 Å². The molecular weight excluding hydrogens is 390 g/mol. The van der Waals surface area contributed by atoms with E-state index in [9.17, 15) is 4.79 Å². The quantitative estimate of drug-likeness (QED) is 0.561. The molecule has 146 valence electrons. The number of carbonyl (C=O) groups excluding carboxylic acids is 1. The Morgan fingerprint density at radius 3 is 2.14 bits per heavy atom. The highest BCUT2D eigenvalue weighted by Crippen LogP contribution is 2.32. The van der Waals surface area contributed by atoms with Crippen LogP contribution in [0.2, 0.25) is 0 Å². The number of hydrogen-bond donors (Lipinski definition) is 0. The Kier molecular flexibility index (Phi) is 5.57. The fourth-order valence-corrected chi connectivity index (χ4v) is 4.48. The normalized spacial score (nSPS) is 20.2. The fourth-order valence-electron chi connectivity index (χ4n) is 3.61. The summed E-state index contributed by atoms with van der Waals surface area (Å²) >= 11 is 7.37. The number of amides is 1. The molecule has 4 rings (SSSR count). The topological polar surface area (TPSA) is 36.0 Å².